The maximum Gasteiger partial charge on any atom is 0.325 e. The number of aryl methyl sites for hydroxylation is 1. The predicted molar refractivity (Wildman–Crippen MR) is 120 cm³/mol. The first kappa shape index (κ1) is 22.9. The van der Waals surface area contributed by atoms with Gasteiger partial charge in [0.2, 0.25) is 0 Å². The summed E-state index contributed by atoms with van der Waals surface area (Å²) in [5.74, 6) is -0.961. The quantitative estimate of drug-likeness (QED) is 0.504. The van der Waals surface area contributed by atoms with Crippen LogP contribution in [-0.2, 0) is 32.3 Å². The zero-order valence-electron chi connectivity index (χ0n) is 17.6. The molecule has 0 aliphatic heterocycles. The number of sulfone groups is 1. The van der Waals surface area contributed by atoms with Gasteiger partial charge in [0.25, 0.3) is 5.91 Å². The molecule has 9 heteroatoms. The van der Waals surface area contributed by atoms with Crippen LogP contribution in [0.5, 0.6) is 0 Å². The second-order valence-corrected chi connectivity index (χ2v) is 10.2. The van der Waals surface area contributed by atoms with Crippen molar-refractivity contribution in [1.29, 1.82) is 0 Å². The fourth-order valence-corrected chi connectivity index (χ4v) is 4.80. The summed E-state index contributed by atoms with van der Waals surface area (Å²) in [5, 5.41) is 0. The Labute approximate surface area is 184 Å². The molecular weight excluding hydrogens is 436 g/mol. The van der Waals surface area contributed by atoms with Crippen molar-refractivity contribution >= 4 is 43.3 Å². The third-order valence-electron chi connectivity index (χ3n) is 4.81. The molecule has 3 aromatic rings. The number of hydrogen-bond donors (Lipinski definition) is 0. The average molecular weight is 461 g/mol. The molecule has 0 aliphatic carbocycles. The largest absolute Gasteiger partial charge is 0.468 e. The third-order valence-corrected chi connectivity index (χ3v) is 6.98. The molecule has 1 heterocycles. The second kappa shape index (κ2) is 9.57. The van der Waals surface area contributed by atoms with Crippen LogP contribution in [0, 0.1) is 0 Å². The fraction of sp³-hybridized carbons (Fsp3) is 0.318. The number of rotatable bonds is 7. The van der Waals surface area contributed by atoms with E-state index in [2.05, 4.69) is 18.0 Å². The number of aromatic nitrogens is 1. The Bertz CT molecular complexity index is 1290. The molecule has 0 unspecified atom stereocenters. The second-order valence-electron chi connectivity index (χ2n) is 7.17. The molecule has 0 saturated heterocycles. The summed E-state index contributed by atoms with van der Waals surface area (Å²) in [7, 11) is -2.04. The number of esters is 1. The van der Waals surface area contributed by atoms with E-state index >= 15 is 0 Å². The van der Waals surface area contributed by atoms with Crippen LogP contribution in [0.2, 0.25) is 0 Å². The minimum Gasteiger partial charge on any atom is -0.468 e. The SMILES string of the molecule is CCCCc1ccc2c(c1)sc(=NC(=O)c1ccc(S(C)(=O)=O)cc1)n2CC(=O)OC. The molecular formula is C22H24N2O5S2. The zero-order valence-corrected chi connectivity index (χ0v) is 19.3. The van der Waals surface area contributed by atoms with Gasteiger partial charge in [0, 0.05) is 11.8 Å². The summed E-state index contributed by atoms with van der Waals surface area (Å²) in [6.07, 6.45) is 4.24. The number of carbonyl (C=O) groups excluding carboxylic acids is 2. The molecule has 7 nitrogen and oxygen atoms in total. The number of methoxy groups -OCH3 is 1. The van der Waals surface area contributed by atoms with Gasteiger partial charge in [0.05, 0.1) is 22.2 Å². The van der Waals surface area contributed by atoms with Crippen LogP contribution < -0.4 is 4.80 Å². The molecule has 0 atom stereocenters. The van der Waals surface area contributed by atoms with E-state index in [1.807, 2.05) is 12.1 Å². The van der Waals surface area contributed by atoms with E-state index in [9.17, 15) is 18.0 Å². The summed E-state index contributed by atoms with van der Waals surface area (Å²) >= 11 is 1.33. The molecule has 0 spiro atoms. The Morgan fingerprint density at radius 1 is 1.13 bits per heavy atom. The number of nitrogens with zero attached hydrogens (tertiary/aromatic N) is 2. The van der Waals surface area contributed by atoms with Gasteiger partial charge in [-0.3, -0.25) is 9.59 Å². The van der Waals surface area contributed by atoms with Crippen LogP contribution in [0.15, 0.2) is 52.4 Å². The zero-order chi connectivity index (χ0) is 22.6. The highest BCUT2D eigenvalue weighted by Crippen LogP contribution is 2.21. The Balaban J connectivity index is 2.05. The van der Waals surface area contributed by atoms with Crippen LogP contribution in [0.25, 0.3) is 10.2 Å². The van der Waals surface area contributed by atoms with E-state index in [-0.39, 0.29) is 17.0 Å². The lowest BCUT2D eigenvalue weighted by Gasteiger charge is -2.05. The van der Waals surface area contributed by atoms with Gasteiger partial charge >= 0.3 is 5.97 Å². The number of thiazole rings is 1. The van der Waals surface area contributed by atoms with Crippen molar-refractivity contribution in [1.82, 2.24) is 4.57 Å². The maximum atomic E-state index is 12.7. The fourth-order valence-electron chi connectivity index (χ4n) is 3.08. The molecule has 0 fully saturated rings. The number of carbonyl (C=O) groups is 2. The van der Waals surface area contributed by atoms with Gasteiger partial charge in [-0.1, -0.05) is 30.7 Å². The van der Waals surface area contributed by atoms with Gasteiger partial charge < -0.3 is 9.30 Å². The van der Waals surface area contributed by atoms with Crippen molar-refractivity contribution < 1.29 is 22.7 Å². The predicted octanol–water partition coefficient (Wildman–Crippen LogP) is 3.36. The van der Waals surface area contributed by atoms with Gasteiger partial charge in [-0.15, -0.1) is 0 Å². The molecule has 0 bridgehead atoms. The summed E-state index contributed by atoms with van der Waals surface area (Å²) in [6, 6.07) is 11.6. The van der Waals surface area contributed by atoms with Crippen molar-refractivity contribution in [3.8, 4) is 0 Å². The Morgan fingerprint density at radius 3 is 2.45 bits per heavy atom. The first-order valence-electron chi connectivity index (χ1n) is 9.81. The number of amides is 1. The van der Waals surface area contributed by atoms with E-state index in [1.54, 1.807) is 4.57 Å². The molecule has 0 N–H and O–H groups in total. The molecule has 0 saturated carbocycles. The van der Waals surface area contributed by atoms with Crippen LogP contribution in [0.4, 0.5) is 0 Å². The van der Waals surface area contributed by atoms with Crippen molar-refractivity contribution in [3.63, 3.8) is 0 Å². The number of ether oxygens (including phenoxy) is 1. The normalized spacial score (nSPS) is 12.3. The molecule has 2 aromatic carbocycles. The summed E-state index contributed by atoms with van der Waals surface area (Å²) in [6.45, 7) is 2.07. The van der Waals surface area contributed by atoms with Gasteiger partial charge in [0.15, 0.2) is 14.6 Å². The van der Waals surface area contributed by atoms with Crippen molar-refractivity contribution in [3.05, 3.63) is 58.4 Å². The molecule has 31 heavy (non-hydrogen) atoms. The lowest BCUT2D eigenvalue weighted by atomic mass is 10.1. The highest BCUT2D eigenvalue weighted by Gasteiger charge is 2.14. The lowest BCUT2D eigenvalue weighted by molar-refractivity contribution is -0.141. The molecule has 1 aromatic heterocycles. The minimum absolute atomic E-state index is 0.0655. The lowest BCUT2D eigenvalue weighted by Crippen LogP contribution is -2.22. The smallest absolute Gasteiger partial charge is 0.325 e. The Kier molecular flexibility index (Phi) is 7.07. The molecule has 0 radical (unpaired) electrons. The molecule has 0 aliphatic rings. The summed E-state index contributed by atoms with van der Waals surface area (Å²) in [5.41, 5.74) is 2.25. The number of unbranched alkanes of at least 4 members (excludes halogenated alkanes) is 1. The number of hydrogen-bond acceptors (Lipinski definition) is 6. The van der Waals surface area contributed by atoms with E-state index < -0.39 is 21.7 Å². The highest BCUT2D eigenvalue weighted by atomic mass is 32.2. The Hall–Kier alpha value is -2.78. The van der Waals surface area contributed by atoms with E-state index in [4.69, 9.17) is 4.74 Å². The van der Waals surface area contributed by atoms with Gasteiger partial charge in [-0.25, -0.2) is 8.42 Å². The standard InChI is InChI=1S/C22H24N2O5S2/c1-4-5-6-15-7-12-18-19(13-15)30-22(24(18)14-20(25)29-2)23-21(26)16-8-10-17(11-9-16)31(3,27)28/h7-13H,4-6,14H2,1-3H3. The van der Waals surface area contributed by atoms with Crippen LogP contribution in [-0.4, -0.2) is 38.2 Å². The number of fused-ring (bicyclic) bond motifs is 1. The van der Waals surface area contributed by atoms with E-state index in [0.29, 0.717) is 4.80 Å². The minimum atomic E-state index is -3.35. The van der Waals surface area contributed by atoms with Crippen LogP contribution in [0.3, 0.4) is 0 Å². The first-order valence-corrected chi connectivity index (χ1v) is 12.5. The van der Waals surface area contributed by atoms with Gasteiger partial charge in [0.1, 0.15) is 6.54 Å². The molecule has 164 valence electrons. The van der Waals surface area contributed by atoms with Crippen LogP contribution >= 0.6 is 11.3 Å². The van der Waals surface area contributed by atoms with Crippen LogP contribution in [0.1, 0.15) is 35.7 Å². The maximum absolute atomic E-state index is 12.7. The first-order chi connectivity index (χ1) is 14.7. The third kappa shape index (κ3) is 5.48. The number of benzene rings is 2. The van der Waals surface area contributed by atoms with E-state index in [1.165, 1.54) is 48.3 Å². The molecule has 1 amide bonds. The highest BCUT2D eigenvalue weighted by molar-refractivity contribution is 7.90. The van der Waals surface area contributed by atoms with Gasteiger partial charge in [-0.2, -0.15) is 4.99 Å². The summed E-state index contributed by atoms with van der Waals surface area (Å²) in [4.78, 5) is 29.4. The summed E-state index contributed by atoms with van der Waals surface area (Å²) < 4.78 is 30.6. The topological polar surface area (TPSA) is 94.8 Å². The van der Waals surface area contributed by atoms with Crippen molar-refractivity contribution in [2.75, 3.05) is 13.4 Å². The van der Waals surface area contributed by atoms with Crippen molar-refractivity contribution in [2.45, 2.75) is 37.6 Å². The molecule has 3 rings (SSSR count). The average Bonchev–Trinajstić information content (AvgIpc) is 3.07. The van der Waals surface area contributed by atoms with Crippen molar-refractivity contribution in [2.24, 2.45) is 4.99 Å². The Morgan fingerprint density at radius 2 is 1.84 bits per heavy atom. The van der Waals surface area contributed by atoms with E-state index in [0.717, 1.165) is 35.7 Å². The van der Waals surface area contributed by atoms with Gasteiger partial charge in [-0.05, 0) is 54.8 Å². The monoisotopic (exact) mass is 460 g/mol.